The van der Waals surface area contributed by atoms with Crippen LogP contribution >= 0.6 is 0 Å². The third-order valence-electron chi connectivity index (χ3n) is 14.6. The average molecular weight is 940 g/mol. The topological polar surface area (TPSA) is 64.6 Å². The van der Waals surface area contributed by atoms with E-state index >= 15 is 0 Å². The lowest BCUT2D eigenvalue weighted by atomic mass is 9.91. The van der Waals surface area contributed by atoms with Crippen LogP contribution in [0.5, 0.6) is 5.75 Å². The van der Waals surface area contributed by atoms with Gasteiger partial charge >= 0.3 is 0 Å². The van der Waals surface area contributed by atoms with Gasteiger partial charge in [0.25, 0.3) is 0 Å². The standard InChI is InChI=1S/C54H94O7Si3/c1-41-32-34-56-47(37-41)30-31-51(61-64(18,19)54(10,11)12)50(57-40-44-26-28-45(55-13)29-27-44)25-21-24-49(60-63(16,17)53(7,8)9)39-43(3)36-42(2)38-48-23-20-22-46(59-48)33-35-58-62(14,15)52(4,5)6/h20-22,24,26-32,42,46-51H,3,23,25,33-40H2,1-2,4-19H3/b24-21+,31-30+/t42-,46-,47+,48-,49?,50-,51+/m0/s1. The summed E-state index contributed by atoms with van der Waals surface area (Å²) in [5.74, 6) is 1.27. The number of benzene rings is 1. The zero-order valence-electron chi connectivity index (χ0n) is 44.0. The second-order valence-electron chi connectivity index (χ2n) is 23.5. The normalized spacial score (nSPS) is 21.5. The average Bonchev–Trinajstić information content (AvgIpc) is 3.16. The smallest absolute Gasteiger partial charge is 0.193 e. The van der Waals surface area contributed by atoms with Gasteiger partial charge in [-0.1, -0.05) is 142 Å². The fourth-order valence-electron chi connectivity index (χ4n) is 7.26. The Morgan fingerprint density at radius 1 is 0.859 bits per heavy atom. The summed E-state index contributed by atoms with van der Waals surface area (Å²) < 4.78 is 46.1. The monoisotopic (exact) mass is 939 g/mol. The van der Waals surface area contributed by atoms with E-state index in [1.807, 2.05) is 12.1 Å². The molecule has 7 atom stereocenters. The molecule has 0 aromatic heterocycles. The first-order valence-corrected chi connectivity index (χ1v) is 33.1. The van der Waals surface area contributed by atoms with Crippen LogP contribution in [-0.2, 0) is 34.1 Å². The van der Waals surface area contributed by atoms with E-state index in [1.54, 1.807) is 7.11 Å². The fourth-order valence-corrected chi connectivity index (χ4v) is 10.9. The SMILES string of the molecule is C=C(CC(/C=C/C[C@H](OCc1ccc(OC)cc1)[C@@H](/C=C/[C@@H]1CC(C)=CCO1)O[Si](C)(C)C(C)(C)C)O[Si](C)(C)C(C)(C)C)C[C@H](C)C[C@@H]1CC=C[C@@H](CCO[Si](C)(C)C(C)(C)C)O1. The molecular weight excluding hydrogens is 845 g/mol. The van der Waals surface area contributed by atoms with E-state index in [0.717, 1.165) is 56.4 Å². The van der Waals surface area contributed by atoms with Crippen molar-refractivity contribution in [2.24, 2.45) is 5.92 Å². The Labute approximate surface area is 396 Å². The van der Waals surface area contributed by atoms with E-state index in [9.17, 15) is 0 Å². The molecule has 0 amide bonds. The summed E-state index contributed by atoms with van der Waals surface area (Å²) in [6.07, 6.45) is 21.6. The molecule has 1 aromatic rings. The van der Waals surface area contributed by atoms with Gasteiger partial charge in [-0.05, 0) is 130 Å². The maximum Gasteiger partial charge on any atom is 0.193 e. The van der Waals surface area contributed by atoms with Crippen molar-refractivity contribution >= 4 is 25.0 Å². The summed E-state index contributed by atoms with van der Waals surface area (Å²) in [5.41, 5.74) is 3.66. The Morgan fingerprint density at radius 2 is 1.48 bits per heavy atom. The molecule has 3 rings (SSSR count). The zero-order chi connectivity index (χ0) is 48.1. The highest BCUT2D eigenvalue weighted by Gasteiger charge is 2.42. The van der Waals surface area contributed by atoms with Crippen molar-refractivity contribution in [1.29, 1.82) is 0 Å². The van der Waals surface area contributed by atoms with E-state index in [2.05, 4.69) is 177 Å². The van der Waals surface area contributed by atoms with Crippen molar-refractivity contribution < 1.29 is 32.2 Å². The molecule has 0 saturated heterocycles. The number of hydrogen-bond donors (Lipinski definition) is 0. The van der Waals surface area contributed by atoms with E-state index in [1.165, 1.54) is 11.1 Å². The van der Waals surface area contributed by atoms with E-state index < -0.39 is 25.0 Å². The predicted molar refractivity (Wildman–Crippen MR) is 279 cm³/mol. The third-order valence-corrected chi connectivity index (χ3v) is 28.1. The molecule has 0 fully saturated rings. The summed E-state index contributed by atoms with van der Waals surface area (Å²) in [6, 6.07) is 8.14. The minimum atomic E-state index is -2.21. The Hall–Kier alpha value is -1.87. The molecule has 0 spiro atoms. The van der Waals surface area contributed by atoms with Crippen LogP contribution in [0.4, 0.5) is 0 Å². The van der Waals surface area contributed by atoms with Crippen LogP contribution in [0.25, 0.3) is 0 Å². The lowest BCUT2D eigenvalue weighted by molar-refractivity contribution is -0.0204. The van der Waals surface area contributed by atoms with E-state index in [-0.39, 0.29) is 51.7 Å². The zero-order valence-corrected chi connectivity index (χ0v) is 47.0. The van der Waals surface area contributed by atoms with Crippen molar-refractivity contribution in [3.63, 3.8) is 0 Å². The quantitative estimate of drug-likeness (QED) is 0.0756. The lowest BCUT2D eigenvalue weighted by Gasteiger charge is -2.40. The van der Waals surface area contributed by atoms with Crippen LogP contribution in [0.15, 0.2) is 84.5 Å². The second-order valence-corrected chi connectivity index (χ2v) is 37.8. The molecular formula is C54H94O7Si3. The highest BCUT2D eigenvalue weighted by molar-refractivity contribution is 6.75. The van der Waals surface area contributed by atoms with Gasteiger partial charge in [-0.3, -0.25) is 0 Å². The maximum absolute atomic E-state index is 7.26. The maximum atomic E-state index is 7.26. The van der Waals surface area contributed by atoms with Crippen molar-refractivity contribution in [2.75, 3.05) is 20.3 Å². The summed E-state index contributed by atoms with van der Waals surface area (Å²) in [7, 11) is -4.43. The Kier molecular flexibility index (Phi) is 21.5. The van der Waals surface area contributed by atoms with Gasteiger partial charge < -0.3 is 32.2 Å². The minimum absolute atomic E-state index is 0.0126. The van der Waals surface area contributed by atoms with Crippen molar-refractivity contribution in [2.45, 2.75) is 219 Å². The molecule has 7 nitrogen and oxygen atoms in total. The largest absolute Gasteiger partial charge is 0.497 e. The number of rotatable bonds is 24. The van der Waals surface area contributed by atoms with Crippen molar-refractivity contribution in [3.8, 4) is 5.75 Å². The summed E-state index contributed by atoms with van der Waals surface area (Å²) >= 11 is 0. The highest BCUT2D eigenvalue weighted by Crippen LogP contribution is 2.41. The van der Waals surface area contributed by atoms with Crippen LogP contribution in [-0.4, -0.2) is 81.9 Å². The van der Waals surface area contributed by atoms with Gasteiger partial charge in [0.1, 0.15) is 5.75 Å². The number of ether oxygens (including phenoxy) is 4. The first kappa shape index (κ1) is 56.5. The molecule has 0 bridgehead atoms. The highest BCUT2D eigenvalue weighted by atomic mass is 28.4. The van der Waals surface area contributed by atoms with Crippen molar-refractivity contribution in [3.05, 3.63) is 90.1 Å². The molecule has 0 N–H and O–H groups in total. The van der Waals surface area contributed by atoms with Gasteiger partial charge in [-0.15, -0.1) is 0 Å². The van der Waals surface area contributed by atoms with Gasteiger partial charge in [0.2, 0.25) is 0 Å². The predicted octanol–water partition coefficient (Wildman–Crippen LogP) is 15.1. The fraction of sp³-hybridized carbons (Fsp3) is 0.704. The molecule has 2 aliphatic rings. The lowest BCUT2D eigenvalue weighted by Crippen LogP contribution is -2.47. The molecule has 1 aromatic carbocycles. The van der Waals surface area contributed by atoms with Crippen LogP contribution in [0, 0.1) is 5.92 Å². The van der Waals surface area contributed by atoms with Crippen LogP contribution < -0.4 is 4.74 Å². The Balaban J connectivity index is 1.82. The van der Waals surface area contributed by atoms with E-state index in [0.29, 0.717) is 25.6 Å². The first-order chi connectivity index (χ1) is 29.5. The Bertz CT molecular complexity index is 1690. The Morgan fingerprint density at radius 3 is 2.08 bits per heavy atom. The van der Waals surface area contributed by atoms with Crippen LogP contribution in [0.1, 0.15) is 127 Å². The molecule has 364 valence electrons. The van der Waals surface area contributed by atoms with Gasteiger partial charge in [0.15, 0.2) is 25.0 Å². The van der Waals surface area contributed by atoms with Gasteiger partial charge in [-0.25, -0.2) is 0 Å². The molecule has 1 unspecified atom stereocenters. The van der Waals surface area contributed by atoms with Crippen LogP contribution in [0.2, 0.25) is 54.4 Å². The molecule has 0 saturated carbocycles. The molecule has 10 heteroatoms. The molecule has 0 aliphatic carbocycles. The second kappa shape index (κ2) is 24.4. The van der Waals surface area contributed by atoms with Gasteiger partial charge in [0, 0.05) is 6.61 Å². The minimum Gasteiger partial charge on any atom is -0.497 e. The summed E-state index contributed by atoms with van der Waals surface area (Å²) in [6.45, 7) is 45.7. The molecule has 2 heterocycles. The molecule has 64 heavy (non-hydrogen) atoms. The number of hydrogen-bond acceptors (Lipinski definition) is 7. The van der Waals surface area contributed by atoms with Gasteiger partial charge in [-0.2, -0.15) is 0 Å². The molecule has 0 radical (unpaired) electrons. The van der Waals surface area contributed by atoms with E-state index in [4.69, 9.17) is 32.2 Å². The van der Waals surface area contributed by atoms with Gasteiger partial charge in [0.05, 0.1) is 56.9 Å². The third kappa shape index (κ3) is 18.7. The first-order valence-electron chi connectivity index (χ1n) is 24.4. The van der Waals surface area contributed by atoms with Crippen LogP contribution in [0.3, 0.4) is 0 Å². The summed E-state index contributed by atoms with van der Waals surface area (Å²) in [5, 5.41) is 0.298. The number of methoxy groups -OCH3 is 1. The summed E-state index contributed by atoms with van der Waals surface area (Å²) in [4.78, 5) is 0. The van der Waals surface area contributed by atoms with Crippen molar-refractivity contribution in [1.82, 2.24) is 0 Å². The molecule has 2 aliphatic heterocycles.